The molecule has 0 aliphatic heterocycles. The Bertz CT molecular complexity index is 1180. The van der Waals surface area contributed by atoms with Crippen LogP contribution >= 0.6 is 11.5 Å². The quantitative estimate of drug-likeness (QED) is 0.589. The Morgan fingerprint density at radius 3 is 2.77 bits per heavy atom. The average Bonchev–Trinajstić information content (AvgIpc) is 3.36. The van der Waals surface area contributed by atoms with Gasteiger partial charge in [-0.1, -0.05) is 6.42 Å². The molecule has 1 aromatic carbocycles. The smallest absolute Gasteiger partial charge is 0.266 e. The largest absolute Gasteiger partial charge is 0.484 e. The second kappa shape index (κ2) is 8.15. The van der Waals surface area contributed by atoms with Crippen LogP contribution in [-0.2, 0) is 17.1 Å². The van der Waals surface area contributed by atoms with Gasteiger partial charge in [0.25, 0.3) is 10.0 Å². The molecular weight excluding hydrogens is 448 g/mol. The van der Waals surface area contributed by atoms with Gasteiger partial charge >= 0.3 is 0 Å². The highest BCUT2D eigenvalue weighted by molar-refractivity contribution is 7.93. The Hall–Kier alpha value is -2.60. The van der Waals surface area contributed by atoms with E-state index in [1.807, 2.05) is 20.0 Å². The van der Waals surface area contributed by atoms with Gasteiger partial charge in [-0.25, -0.2) is 22.2 Å². The highest BCUT2D eigenvalue weighted by Crippen LogP contribution is 2.44. The molecule has 0 bridgehead atoms. The van der Waals surface area contributed by atoms with Crippen molar-refractivity contribution in [3.8, 4) is 5.75 Å². The minimum Gasteiger partial charge on any atom is -0.484 e. The Balaban J connectivity index is 1.64. The Kier molecular flexibility index (Phi) is 5.69. The molecule has 3 aromatic rings. The molecule has 1 aliphatic carbocycles. The summed E-state index contributed by atoms with van der Waals surface area (Å²) in [5.41, 5.74) is 0.147. The van der Waals surface area contributed by atoms with Crippen LogP contribution in [0.2, 0.25) is 0 Å². The van der Waals surface area contributed by atoms with Crippen molar-refractivity contribution in [3.63, 3.8) is 0 Å². The van der Waals surface area contributed by atoms with Crippen molar-refractivity contribution < 1.29 is 21.9 Å². The summed E-state index contributed by atoms with van der Waals surface area (Å²) in [6.07, 6.45) is 6.17. The number of benzene rings is 1. The molecule has 1 N–H and O–H groups in total. The summed E-state index contributed by atoms with van der Waals surface area (Å²) in [5, 5.41) is 4.16. The minimum absolute atomic E-state index is 0.0473. The first-order chi connectivity index (χ1) is 14.7. The van der Waals surface area contributed by atoms with E-state index in [1.165, 1.54) is 0 Å². The van der Waals surface area contributed by atoms with Gasteiger partial charge in [-0.3, -0.25) is 9.40 Å². The fourth-order valence-electron chi connectivity index (χ4n) is 4.05. The van der Waals surface area contributed by atoms with Gasteiger partial charge in [-0.05, 0) is 32.3 Å². The van der Waals surface area contributed by atoms with Crippen molar-refractivity contribution in [2.75, 3.05) is 4.72 Å². The second-order valence-electron chi connectivity index (χ2n) is 7.66. The van der Waals surface area contributed by atoms with Crippen molar-refractivity contribution >= 4 is 26.7 Å². The highest BCUT2D eigenvalue weighted by Gasteiger charge is 2.42. The van der Waals surface area contributed by atoms with E-state index < -0.39 is 32.2 Å². The Labute approximate surface area is 182 Å². The molecule has 4 rings (SSSR count). The molecule has 1 fully saturated rings. The number of sulfonamides is 1. The number of halogens is 2. The summed E-state index contributed by atoms with van der Waals surface area (Å²) < 4.78 is 68.1. The first-order valence-electron chi connectivity index (χ1n) is 9.65. The molecule has 2 atom stereocenters. The zero-order chi connectivity index (χ0) is 22.2. The van der Waals surface area contributed by atoms with Crippen LogP contribution in [0.4, 0.5) is 13.9 Å². The third-order valence-electron chi connectivity index (χ3n) is 5.57. The summed E-state index contributed by atoms with van der Waals surface area (Å²) in [4.78, 5) is 2.86. The lowest BCUT2D eigenvalue weighted by Crippen LogP contribution is -2.42. The molecule has 31 heavy (non-hydrogen) atoms. The number of anilines is 1. The van der Waals surface area contributed by atoms with Gasteiger partial charge in [0, 0.05) is 48.5 Å². The molecule has 0 radical (unpaired) electrons. The lowest BCUT2D eigenvalue weighted by molar-refractivity contribution is 0.0195. The molecule has 8 nitrogen and oxygen atoms in total. The molecule has 0 saturated heterocycles. The van der Waals surface area contributed by atoms with E-state index >= 15 is 0 Å². The zero-order valence-corrected chi connectivity index (χ0v) is 18.5. The van der Waals surface area contributed by atoms with E-state index in [1.54, 1.807) is 10.9 Å². The van der Waals surface area contributed by atoms with Gasteiger partial charge < -0.3 is 4.74 Å². The minimum atomic E-state index is -4.38. The highest BCUT2D eigenvalue weighted by atomic mass is 32.2. The number of hydrogen-bond donors (Lipinski definition) is 1. The third-order valence-corrected chi connectivity index (χ3v) is 7.63. The molecule has 1 saturated carbocycles. The van der Waals surface area contributed by atoms with Crippen LogP contribution in [-0.4, -0.2) is 33.2 Å². The molecule has 0 unspecified atom stereocenters. The lowest BCUT2D eigenvalue weighted by Gasteiger charge is -2.41. The fraction of sp³-hybridized carbons (Fsp3) is 0.421. The SMILES string of the molecule is Cn1nccc1[C@H]1CCCC[C@]1(C)Oc1cc(F)c(S(=O)(=O)Nc2ncns2)cc1F. The van der Waals surface area contributed by atoms with Gasteiger partial charge in [0.2, 0.25) is 5.13 Å². The predicted octanol–water partition coefficient (Wildman–Crippen LogP) is 3.85. The van der Waals surface area contributed by atoms with Crippen molar-refractivity contribution in [2.24, 2.45) is 7.05 Å². The number of nitrogens with zero attached hydrogens (tertiary/aromatic N) is 4. The molecule has 12 heteroatoms. The number of ether oxygens (including phenoxy) is 1. The molecule has 1 aliphatic rings. The topological polar surface area (TPSA) is 99.0 Å². The average molecular weight is 470 g/mol. The van der Waals surface area contributed by atoms with Gasteiger partial charge in [-0.2, -0.15) is 9.47 Å². The summed E-state index contributed by atoms with van der Waals surface area (Å²) >= 11 is 0.781. The summed E-state index contributed by atoms with van der Waals surface area (Å²) in [6.45, 7) is 1.86. The standard InChI is InChI=1S/C19H21F2N5O3S2/c1-19(7-4-3-5-12(19)15-6-8-23-26(15)2)29-16-9-14(21)17(10-13(16)20)31(27,28)25-18-22-11-24-30-18/h6,8-12H,3-5,7H2,1-2H3,(H,22,24,25)/t12-,19+/m1/s1. The van der Waals surface area contributed by atoms with Crippen molar-refractivity contribution in [3.05, 3.63) is 48.1 Å². The molecular formula is C19H21F2N5O3S2. The predicted molar refractivity (Wildman–Crippen MR) is 111 cm³/mol. The number of nitrogens with one attached hydrogen (secondary N) is 1. The van der Waals surface area contributed by atoms with Crippen LogP contribution in [0.1, 0.15) is 44.2 Å². The molecule has 166 valence electrons. The lowest BCUT2D eigenvalue weighted by atomic mass is 9.74. The Morgan fingerprint density at radius 1 is 1.29 bits per heavy atom. The maximum absolute atomic E-state index is 14.9. The number of hydrogen-bond acceptors (Lipinski definition) is 7. The number of aryl methyl sites for hydroxylation is 1. The Morgan fingerprint density at radius 2 is 2.10 bits per heavy atom. The maximum Gasteiger partial charge on any atom is 0.266 e. The normalized spacial score (nSPS) is 21.7. The monoisotopic (exact) mass is 469 g/mol. The van der Waals surface area contributed by atoms with Crippen LogP contribution < -0.4 is 9.46 Å². The molecule has 2 aromatic heterocycles. The van der Waals surface area contributed by atoms with Gasteiger partial charge in [-0.15, -0.1) is 0 Å². The van der Waals surface area contributed by atoms with Crippen LogP contribution in [0.5, 0.6) is 5.75 Å². The van der Waals surface area contributed by atoms with Gasteiger partial charge in [0.15, 0.2) is 11.6 Å². The van der Waals surface area contributed by atoms with Crippen molar-refractivity contribution in [1.82, 2.24) is 19.1 Å². The van der Waals surface area contributed by atoms with E-state index in [0.29, 0.717) is 12.5 Å². The van der Waals surface area contributed by atoms with Gasteiger partial charge in [0.05, 0.1) is 0 Å². The number of aromatic nitrogens is 4. The summed E-state index contributed by atoms with van der Waals surface area (Å²) in [5.74, 6) is -2.48. The van der Waals surface area contributed by atoms with E-state index in [0.717, 1.165) is 48.9 Å². The summed E-state index contributed by atoms with van der Waals surface area (Å²) in [6, 6.07) is 3.30. The van der Waals surface area contributed by atoms with Crippen molar-refractivity contribution in [2.45, 2.75) is 49.0 Å². The van der Waals surface area contributed by atoms with Crippen LogP contribution in [0, 0.1) is 11.6 Å². The summed E-state index contributed by atoms with van der Waals surface area (Å²) in [7, 11) is -2.55. The zero-order valence-electron chi connectivity index (χ0n) is 16.9. The molecule has 0 spiro atoms. The maximum atomic E-state index is 14.9. The van der Waals surface area contributed by atoms with E-state index in [-0.39, 0.29) is 16.8 Å². The number of rotatable bonds is 6. The van der Waals surface area contributed by atoms with E-state index in [4.69, 9.17) is 4.74 Å². The first kappa shape index (κ1) is 21.6. The fourth-order valence-corrected chi connectivity index (χ4v) is 5.78. The van der Waals surface area contributed by atoms with Crippen LogP contribution in [0.3, 0.4) is 0 Å². The van der Waals surface area contributed by atoms with E-state index in [2.05, 4.69) is 19.2 Å². The third kappa shape index (κ3) is 4.26. The van der Waals surface area contributed by atoms with E-state index in [9.17, 15) is 17.2 Å². The molecule has 2 heterocycles. The van der Waals surface area contributed by atoms with Gasteiger partial charge in [0.1, 0.15) is 22.6 Å². The second-order valence-corrected chi connectivity index (χ2v) is 10.1. The van der Waals surface area contributed by atoms with Crippen LogP contribution in [0.25, 0.3) is 0 Å². The van der Waals surface area contributed by atoms with Crippen LogP contribution in [0.15, 0.2) is 35.6 Å². The van der Waals surface area contributed by atoms with Crippen molar-refractivity contribution in [1.29, 1.82) is 0 Å². The molecule has 0 amide bonds. The first-order valence-corrected chi connectivity index (χ1v) is 11.9.